The van der Waals surface area contributed by atoms with Crippen LogP contribution in [0.5, 0.6) is 0 Å². The minimum Gasteiger partial charge on any atom is -0.388 e. The average molecular weight is 775 g/mol. The molecular formula is C48H54O9. The highest BCUT2D eigenvalue weighted by molar-refractivity contribution is 5.17. The number of hydrogen-bond donors (Lipinski definition) is 1. The maximum absolute atomic E-state index is 11.8. The first kappa shape index (κ1) is 40.9. The van der Waals surface area contributed by atoms with Gasteiger partial charge in [0, 0.05) is 0 Å². The Bertz CT molecular complexity index is 1850. The van der Waals surface area contributed by atoms with Crippen molar-refractivity contribution in [2.45, 2.75) is 108 Å². The predicted octanol–water partition coefficient (Wildman–Crippen LogP) is 7.82. The second kappa shape index (κ2) is 20.9. The molecule has 5 aromatic carbocycles. The largest absolute Gasteiger partial charge is 0.388 e. The number of aliphatic hydroxyl groups is 1. The van der Waals surface area contributed by atoms with E-state index in [0.717, 1.165) is 27.8 Å². The van der Waals surface area contributed by atoms with Crippen LogP contribution in [-0.2, 0) is 70.9 Å². The number of rotatable bonds is 18. The molecule has 7 rings (SSSR count). The minimum absolute atomic E-state index is 0.182. The molecule has 300 valence electrons. The maximum Gasteiger partial charge on any atom is 0.187 e. The van der Waals surface area contributed by atoms with E-state index < -0.39 is 55.1 Å². The molecule has 4 unspecified atom stereocenters. The van der Waals surface area contributed by atoms with E-state index in [-0.39, 0.29) is 19.3 Å². The van der Waals surface area contributed by atoms with Crippen LogP contribution in [-0.4, -0.2) is 72.9 Å². The number of benzene rings is 5. The monoisotopic (exact) mass is 774 g/mol. The summed E-state index contributed by atoms with van der Waals surface area (Å²) in [7, 11) is 0. The zero-order chi connectivity index (χ0) is 39.2. The lowest BCUT2D eigenvalue weighted by atomic mass is 9.94. The quantitative estimate of drug-likeness (QED) is 0.0957. The van der Waals surface area contributed by atoms with Crippen molar-refractivity contribution in [2.75, 3.05) is 6.61 Å². The van der Waals surface area contributed by atoms with Gasteiger partial charge in [0.1, 0.15) is 42.7 Å². The van der Waals surface area contributed by atoms with E-state index in [1.165, 1.54) is 0 Å². The molecule has 2 heterocycles. The highest BCUT2D eigenvalue weighted by atomic mass is 16.7. The van der Waals surface area contributed by atoms with Crippen LogP contribution >= 0.6 is 0 Å². The fraction of sp³-hybridized carbons (Fsp3) is 0.375. The molecule has 0 saturated carbocycles. The zero-order valence-corrected chi connectivity index (χ0v) is 32.7. The molecule has 2 aliphatic heterocycles. The number of ether oxygens (including phenoxy) is 8. The molecule has 10 atom stereocenters. The first-order chi connectivity index (χ1) is 28.0. The van der Waals surface area contributed by atoms with E-state index >= 15 is 0 Å². The lowest BCUT2D eigenvalue weighted by Gasteiger charge is -2.49. The Hall–Kier alpha value is -4.26. The molecule has 5 aromatic rings. The molecule has 0 radical (unpaired) electrons. The Kier molecular flexibility index (Phi) is 15.0. The Morgan fingerprint density at radius 1 is 0.421 bits per heavy atom. The third-order valence-electron chi connectivity index (χ3n) is 10.5. The van der Waals surface area contributed by atoms with Crippen molar-refractivity contribution >= 4 is 0 Å². The van der Waals surface area contributed by atoms with E-state index in [1.54, 1.807) is 0 Å². The summed E-state index contributed by atoms with van der Waals surface area (Å²) < 4.78 is 53.5. The molecular weight excluding hydrogens is 721 g/mol. The molecule has 9 nitrogen and oxygen atoms in total. The summed E-state index contributed by atoms with van der Waals surface area (Å²) in [6, 6.07) is 50.0. The van der Waals surface area contributed by atoms with Crippen molar-refractivity contribution < 1.29 is 43.0 Å². The highest BCUT2D eigenvalue weighted by Gasteiger charge is 2.52. The van der Waals surface area contributed by atoms with Crippen LogP contribution in [0.3, 0.4) is 0 Å². The highest BCUT2D eigenvalue weighted by Crippen LogP contribution is 2.35. The van der Waals surface area contributed by atoms with E-state index in [2.05, 4.69) is 0 Å². The Labute approximate surface area is 336 Å². The van der Waals surface area contributed by atoms with Crippen LogP contribution in [0.4, 0.5) is 0 Å². The van der Waals surface area contributed by atoms with Crippen molar-refractivity contribution in [1.82, 2.24) is 0 Å². The number of hydrogen-bond acceptors (Lipinski definition) is 9. The van der Waals surface area contributed by atoms with Crippen molar-refractivity contribution in [3.63, 3.8) is 0 Å². The summed E-state index contributed by atoms with van der Waals surface area (Å²) in [6.45, 7) is 5.53. The summed E-state index contributed by atoms with van der Waals surface area (Å²) in [6.07, 6.45) is -7.16. The zero-order valence-electron chi connectivity index (χ0n) is 32.7. The lowest BCUT2D eigenvalue weighted by Crippen LogP contribution is -2.65. The van der Waals surface area contributed by atoms with Gasteiger partial charge in [0.2, 0.25) is 0 Å². The van der Waals surface area contributed by atoms with Gasteiger partial charge in [-0.1, -0.05) is 152 Å². The van der Waals surface area contributed by atoms with Crippen LogP contribution in [0.15, 0.2) is 152 Å². The summed E-state index contributed by atoms with van der Waals surface area (Å²) in [5.74, 6) is 0. The van der Waals surface area contributed by atoms with E-state index in [4.69, 9.17) is 37.9 Å². The van der Waals surface area contributed by atoms with E-state index in [9.17, 15) is 5.11 Å². The first-order valence-electron chi connectivity index (χ1n) is 19.9. The molecule has 0 aliphatic carbocycles. The average Bonchev–Trinajstić information content (AvgIpc) is 3.25. The standard InChI is InChI=1S/C48H54O9/c1-34-42(49)45(43(35(2)55-34)51-29-37-20-10-4-11-21-37)57-48-47(54-32-40-26-16-7-17-27-40)46(53-31-39-24-14-6-15-25-39)44(52-30-38-22-12-5-13-23-38)41(56-48)33-50-28-36-18-8-3-9-19-36/h3-27,34-35,41-49H,28-33H2,1-2H3/t34-,35?,41+,42?,43-,44+,45-,46?,47?,48+/m0/s1. The third kappa shape index (κ3) is 11.4. The van der Waals surface area contributed by atoms with Gasteiger partial charge in [-0.15, -0.1) is 0 Å². The third-order valence-corrected chi connectivity index (χ3v) is 10.5. The van der Waals surface area contributed by atoms with Crippen molar-refractivity contribution in [3.8, 4) is 0 Å². The summed E-state index contributed by atoms with van der Waals surface area (Å²) in [5, 5.41) is 11.8. The van der Waals surface area contributed by atoms with Gasteiger partial charge < -0.3 is 43.0 Å². The molecule has 0 spiro atoms. The van der Waals surface area contributed by atoms with Crippen LogP contribution in [0, 0.1) is 0 Å². The van der Waals surface area contributed by atoms with Crippen molar-refractivity contribution in [2.24, 2.45) is 0 Å². The minimum atomic E-state index is -1.02. The maximum atomic E-state index is 11.8. The summed E-state index contributed by atoms with van der Waals surface area (Å²) >= 11 is 0. The fourth-order valence-electron chi connectivity index (χ4n) is 7.39. The van der Waals surface area contributed by atoms with E-state index in [1.807, 2.05) is 166 Å². The second-order valence-electron chi connectivity index (χ2n) is 14.7. The van der Waals surface area contributed by atoms with Crippen LogP contribution < -0.4 is 0 Å². The lowest BCUT2D eigenvalue weighted by molar-refractivity contribution is -0.358. The smallest absolute Gasteiger partial charge is 0.187 e. The molecule has 0 bridgehead atoms. The van der Waals surface area contributed by atoms with Gasteiger partial charge in [-0.3, -0.25) is 0 Å². The normalized spacial score (nSPS) is 27.6. The Balaban J connectivity index is 1.23. The molecule has 2 aliphatic rings. The fourth-order valence-corrected chi connectivity index (χ4v) is 7.39. The van der Waals surface area contributed by atoms with Gasteiger partial charge in [0.05, 0.1) is 51.8 Å². The SMILES string of the molecule is CC1O[C@@H](C)C(O)[C@H](O[C@H]2O[C@H](COCc3ccccc3)[C@@H](OCc3ccccc3)C(OCc3ccccc3)C2OCc2ccccc2)[C@H]1OCc1ccccc1. The molecule has 2 fully saturated rings. The Morgan fingerprint density at radius 2 is 0.807 bits per heavy atom. The molecule has 0 amide bonds. The molecule has 57 heavy (non-hydrogen) atoms. The van der Waals surface area contributed by atoms with Crippen LogP contribution in [0.25, 0.3) is 0 Å². The van der Waals surface area contributed by atoms with Gasteiger partial charge in [-0.25, -0.2) is 0 Å². The number of aliphatic hydroxyl groups excluding tert-OH is 1. The Morgan fingerprint density at radius 3 is 1.26 bits per heavy atom. The molecule has 2 saturated heterocycles. The van der Waals surface area contributed by atoms with Crippen molar-refractivity contribution in [3.05, 3.63) is 179 Å². The van der Waals surface area contributed by atoms with Gasteiger partial charge >= 0.3 is 0 Å². The second-order valence-corrected chi connectivity index (χ2v) is 14.7. The van der Waals surface area contributed by atoms with Crippen molar-refractivity contribution in [1.29, 1.82) is 0 Å². The molecule has 0 aromatic heterocycles. The molecule has 9 heteroatoms. The summed E-state index contributed by atoms with van der Waals surface area (Å²) in [5.41, 5.74) is 5.02. The first-order valence-corrected chi connectivity index (χ1v) is 19.9. The summed E-state index contributed by atoms with van der Waals surface area (Å²) in [4.78, 5) is 0. The van der Waals surface area contributed by atoms with Gasteiger partial charge in [0.15, 0.2) is 6.29 Å². The topological polar surface area (TPSA) is 94.1 Å². The van der Waals surface area contributed by atoms with Gasteiger partial charge in [-0.05, 0) is 41.7 Å². The van der Waals surface area contributed by atoms with Crippen LogP contribution in [0.2, 0.25) is 0 Å². The predicted molar refractivity (Wildman–Crippen MR) is 216 cm³/mol. The van der Waals surface area contributed by atoms with Gasteiger partial charge in [0.25, 0.3) is 0 Å². The van der Waals surface area contributed by atoms with Gasteiger partial charge in [-0.2, -0.15) is 0 Å². The van der Waals surface area contributed by atoms with Crippen LogP contribution in [0.1, 0.15) is 41.7 Å². The van der Waals surface area contributed by atoms with E-state index in [0.29, 0.717) is 26.4 Å². The molecule has 1 N–H and O–H groups in total.